The Hall–Kier alpha value is -1.57. The van der Waals surface area contributed by atoms with Gasteiger partial charge < -0.3 is 4.74 Å². The van der Waals surface area contributed by atoms with E-state index in [9.17, 15) is 4.79 Å². The third-order valence-electron chi connectivity index (χ3n) is 3.25. The van der Waals surface area contributed by atoms with Gasteiger partial charge in [-0.25, -0.2) is 0 Å². The van der Waals surface area contributed by atoms with Gasteiger partial charge in [-0.3, -0.25) is 4.79 Å². The molecule has 0 bridgehead atoms. The minimum atomic E-state index is -0.0255. The van der Waals surface area contributed by atoms with E-state index in [0.717, 1.165) is 18.6 Å². The van der Waals surface area contributed by atoms with Crippen molar-refractivity contribution in [1.82, 2.24) is 0 Å². The fourth-order valence-electron chi connectivity index (χ4n) is 2.15. The van der Waals surface area contributed by atoms with Gasteiger partial charge in [0.05, 0.1) is 11.7 Å². The molecule has 0 saturated carbocycles. The molecule has 2 nitrogen and oxygen atoms in total. The number of carbonyl (C=O) groups excluding carboxylic acids is 1. The van der Waals surface area contributed by atoms with Gasteiger partial charge in [-0.2, -0.15) is 0 Å². The Morgan fingerprint density at radius 1 is 1.24 bits per heavy atom. The molecule has 17 heavy (non-hydrogen) atoms. The van der Waals surface area contributed by atoms with Gasteiger partial charge in [0.1, 0.15) is 6.10 Å². The smallest absolute Gasteiger partial charge is 0.165 e. The van der Waals surface area contributed by atoms with Crippen LogP contribution in [0, 0.1) is 5.92 Å². The molecular weight excluding hydrogens is 212 g/mol. The maximum Gasteiger partial charge on any atom is 0.165 e. The average Bonchev–Trinajstić information content (AvgIpc) is 2.33. The van der Waals surface area contributed by atoms with Crippen LogP contribution in [0.1, 0.15) is 25.8 Å². The van der Waals surface area contributed by atoms with Gasteiger partial charge in [-0.05, 0) is 25.3 Å². The van der Waals surface area contributed by atoms with Crippen LogP contribution >= 0.6 is 0 Å². The van der Waals surface area contributed by atoms with E-state index in [2.05, 4.69) is 12.1 Å². The van der Waals surface area contributed by atoms with Gasteiger partial charge in [-0.15, -0.1) is 0 Å². The van der Waals surface area contributed by atoms with E-state index in [4.69, 9.17) is 4.74 Å². The number of benzene rings is 1. The van der Waals surface area contributed by atoms with Crippen LogP contribution in [0.4, 0.5) is 0 Å². The number of ketones is 1. The number of ether oxygens (including phenoxy) is 1. The number of aryl methyl sites for hydroxylation is 1. The molecule has 1 heterocycles. The van der Waals surface area contributed by atoms with Gasteiger partial charge in [0, 0.05) is 6.08 Å². The molecule has 0 saturated heterocycles. The zero-order valence-electron chi connectivity index (χ0n) is 10.3. The van der Waals surface area contributed by atoms with Gasteiger partial charge in [0.25, 0.3) is 0 Å². The van der Waals surface area contributed by atoms with Crippen LogP contribution in [0.15, 0.2) is 42.2 Å². The first kappa shape index (κ1) is 11.9. The predicted molar refractivity (Wildman–Crippen MR) is 67.6 cm³/mol. The van der Waals surface area contributed by atoms with Crippen LogP contribution in [0.3, 0.4) is 0 Å². The Morgan fingerprint density at radius 2 is 1.94 bits per heavy atom. The van der Waals surface area contributed by atoms with Gasteiger partial charge >= 0.3 is 0 Å². The number of hydrogen-bond donors (Lipinski definition) is 0. The van der Waals surface area contributed by atoms with Crippen molar-refractivity contribution in [3.8, 4) is 0 Å². The average molecular weight is 230 g/mol. The molecule has 0 fully saturated rings. The highest BCUT2D eigenvalue weighted by Gasteiger charge is 2.28. The lowest BCUT2D eigenvalue weighted by Crippen LogP contribution is -2.31. The molecule has 0 radical (unpaired) electrons. The van der Waals surface area contributed by atoms with E-state index in [1.807, 2.05) is 32.0 Å². The first-order valence-corrected chi connectivity index (χ1v) is 6.09. The molecule has 0 amide bonds. The van der Waals surface area contributed by atoms with Crippen LogP contribution in [-0.4, -0.2) is 11.9 Å². The summed E-state index contributed by atoms with van der Waals surface area (Å²) in [7, 11) is 0. The summed E-state index contributed by atoms with van der Waals surface area (Å²) in [6.07, 6.45) is 3.47. The molecule has 0 N–H and O–H groups in total. The van der Waals surface area contributed by atoms with E-state index < -0.39 is 0 Å². The quantitative estimate of drug-likeness (QED) is 0.797. The summed E-state index contributed by atoms with van der Waals surface area (Å²) in [4.78, 5) is 11.7. The zero-order valence-corrected chi connectivity index (χ0v) is 10.3. The van der Waals surface area contributed by atoms with Gasteiger partial charge in [0.2, 0.25) is 0 Å². The van der Waals surface area contributed by atoms with E-state index >= 15 is 0 Å². The lowest BCUT2D eigenvalue weighted by Gasteiger charge is -2.27. The normalized spacial score (nSPS) is 24.1. The van der Waals surface area contributed by atoms with Crippen molar-refractivity contribution in [2.75, 3.05) is 0 Å². The predicted octanol–water partition coefficient (Wildman–Crippen LogP) is 3.13. The molecule has 2 heteroatoms. The summed E-state index contributed by atoms with van der Waals surface area (Å²) in [5.41, 5.74) is 1.29. The van der Waals surface area contributed by atoms with Crippen molar-refractivity contribution in [1.29, 1.82) is 0 Å². The number of rotatable bonds is 3. The van der Waals surface area contributed by atoms with Crippen molar-refractivity contribution in [2.45, 2.75) is 32.8 Å². The largest absolute Gasteiger partial charge is 0.494 e. The van der Waals surface area contributed by atoms with Crippen molar-refractivity contribution < 1.29 is 9.53 Å². The highest BCUT2D eigenvalue weighted by atomic mass is 16.5. The summed E-state index contributed by atoms with van der Waals surface area (Å²) in [5.74, 6) is 0.903. The van der Waals surface area contributed by atoms with E-state index in [-0.39, 0.29) is 17.8 Å². The minimum Gasteiger partial charge on any atom is -0.494 e. The Labute approximate surface area is 102 Å². The topological polar surface area (TPSA) is 26.3 Å². The van der Waals surface area contributed by atoms with Crippen LogP contribution in [0.5, 0.6) is 0 Å². The lowest BCUT2D eigenvalue weighted by atomic mass is 9.92. The number of carbonyl (C=O) groups is 1. The summed E-state index contributed by atoms with van der Waals surface area (Å²) in [6.45, 7) is 3.79. The first-order chi connectivity index (χ1) is 8.16. The Balaban J connectivity index is 1.96. The molecule has 0 aromatic heterocycles. The van der Waals surface area contributed by atoms with Gasteiger partial charge in [0.15, 0.2) is 5.78 Å². The van der Waals surface area contributed by atoms with Gasteiger partial charge in [-0.1, -0.05) is 37.3 Å². The highest BCUT2D eigenvalue weighted by Crippen LogP contribution is 2.23. The van der Waals surface area contributed by atoms with Crippen LogP contribution < -0.4 is 0 Å². The van der Waals surface area contributed by atoms with Crippen LogP contribution in [0.2, 0.25) is 0 Å². The molecule has 0 aliphatic carbocycles. The Morgan fingerprint density at radius 3 is 2.65 bits per heavy atom. The second-order valence-corrected chi connectivity index (χ2v) is 4.63. The fourth-order valence-corrected chi connectivity index (χ4v) is 2.15. The maximum absolute atomic E-state index is 11.7. The number of hydrogen-bond acceptors (Lipinski definition) is 2. The minimum absolute atomic E-state index is 0.0210. The molecule has 0 spiro atoms. The lowest BCUT2D eigenvalue weighted by molar-refractivity contribution is -0.124. The van der Waals surface area contributed by atoms with Crippen molar-refractivity contribution in [2.24, 2.45) is 5.92 Å². The van der Waals surface area contributed by atoms with Crippen LogP contribution in [-0.2, 0) is 16.0 Å². The Bertz CT molecular complexity index is 420. The second-order valence-electron chi connectivity index (χ2n) is 4.63. The molecule has 1 aliphatic rings. The SMILES string of the molecule is CC1=CC(=O)[C@@H](C)[C@@H](CCc2ccccc2)O1. The van der Waals surface area contributed by atoms with E-state index in [1.54, 1.807) is 6.08 Å². The highest BCUT2D eigenvalue weighted by molar-refractivity contribution is 5.92. The number of allylic oxidation sites excluding steroid dienone is 2. The van der Waals surface area contributed by atoms with E-state index in [1.165, 1.54) is 5.56 Å². The third-order valence-corrected chi connectivity index (χ3v) is 3.25. The molecule has 1 aromatic carbocycles. The van der Waals surface area contributed by atoms with E-state index in [0.29, 0.717) is 0 Å². The molecule has 2 atom stereocenters. The molecule has 1 aliphatic heterocycles. The summed E-state index contributed by atoms with van der Waals surface area (Å²) in [6, 6.07) is 10.3. The Kier molecular flexibility index (Phi) is 3.62. The first-order valence-electron chi connectivity index (χ1n) is 6.09. The second kappa shape index (κ2) is 5.17. The standard InChI is InChI=1S/C15H18O2/c1-11-10-14(16)12(2)15(17-11)9-8-13-6-4-3-5-7-13/h3-7,10,12,15H,8-9H2,1-2H3/t12-,15-/m1/s1. The van der Waals surface area contributed by atoms with Crippen LogP contribution in [0.25, 0.3) is 0 Å². The maximum atomic E-state index is 11.7. The molecule has 1 aromatic rings. The summed E-state index contributed by atoms with van der Waals surface area (Å²) in [5, 5.41) is 0. The monoisotopic (exact) mass is 230 g/mol. The summed E-state index contributed by atoms with van der Waals surface area (Å²) < 4.78 is 5.73. The molecule has 90 valence electrons. The van der Waals surface area contributed by atoms with Crippen molar-refractivity contribution in [3.63, 3.8) is 0 Å². The van der Waals surface area contributed by atoms with Crippen molar-refractivity contribution in [3.05, 3.63) is 47.7 Å². The zero-order chi connectivity index (χ0) is 12.3. The molecule has 2 rings (SSSR count). The third kappa shape index (κ3) is 2.96. The molecular formula is C15H18O2. The van der Waals surface area contributed by atoms with Crippen molar-refractivity contribution >= 4 is 5.78 Å². The summed E-state index contributed by atoms with van der Waals surface area (Å²) >= 11 is 0. The molecule has 0 unspecified atom stereocenters. The fraction of sp³-hybridized carbons (Fsp3) is 0.400.